The number of benzene rings is 2. The van der Waals surface area contributed by atoms with Crippen LogP contribution in [0.25, 0.3) is 22.0 Å². The van der Waals surface area contributed by atoms with Gasteiger partial charge in [-0.3, -0.25) is 10.1 Å². The first-order valence-electron chi connectivity index (χ1n) is 8.33. The van der Waals surface area contributed by atoms with Crippen molar-refractivity contribution in [1.82, 2.24) is 10.3 Å². The lowest BCUT2D eigenvalue weighted by atomic mass is 10.0. The average Bonchev–Trinajstić information content (AvgIpc) is 2.68. The van der Waals surface area contributed by atoms with Gasteiger partial charge in [0.2, 0.25) is 0 Å². The lowest BCUT2D eigenvalue weighted by Gasteiger charge is -2.29. The fourth-order valence-electron chi connectivity index (χ4n) is 3.23. The number of anilines is 1. The van der Waals surface area contributed by atoms with E-state index in [1.807, 2.05) is 36.4 Å². The molecule has 0 amide bonds. The van der Waals surface area contributed by atoms with E-state index in [2.05, 4.69) is 10.2 Å². The zero-order valence-electron chi connectivity index (χ0n) is 13.7. The molecule has 0 bridgehead atoms. The third kappa shape index (κ3) is 3.04. The van der Waals surface area contributed by atoms with E-state index in [1.165, 1.54) is 6.07 Å². The van der Waals surface area contributed by atoms with Crippen LogP contribution in [0.2, 0.25) is 0 Å². The van der Waals surface area contributed by atoms with Crippen LogP contribution >= 0.6 is 0 Å². The SMILES string of the molecule is O=[N+]([O-])c1ccc2nc(N3CCNCC3)cc(-c3ccccc3)c2c1. The van der Waals surface area contributed by atoms with Crippen LogP contribution in [0, 0.1) is 10.1 Å². The van der Waals surface area contributed by atoms with Gasteiger partial charge < -0.3 is 10.2 Å². The summed E-state index contributed by atoms with van der Waals surface area (Å²) in [6, 6.07) is 16.9. The van der Waals surface area contributed by atoms with E-state index in [9.17, 15) is 10.1 Å². The second kappa shape index (κ2) is 6.49. The Morgan fingerprint density at radius 1 is 1.04 bits per heavy atom. The van der Waals surface area contributed by atoms with E-state index in [0.29, 0.717) is 0 Å². The molecule has 6 nitrogen and oxygen atoms in total. The number of fused-ring (bicyclic) bond motifs is 1. The molecule has 126 valence electrons. The molecule has 1 aliphatic rings. The van der Waals surface area contributed by atoms with Gasteiger partial charge in [-0.2, -0.15) is 0 Å². The third-order valence-electron chi connectivity index (χ3n) is 4.52. The number of nitro groups is 1. The lowest BCUT2D eigenvalue weighted by Crippen LogP contribution is -2.43. The summed E-state index contributed by atoms with van der Waals surface area (Å²) in [6.07, 6.45) is 0. The van der Waals surface area contributed by atoms with Crippen LogP contribution in [-0.4, -0.2) is 36.1 Å². The summed E-state index contributed by atoms with van der Waals surface area (Å²) < 4.78 is 0. The highest BCUT2D eigenvalue weighted by Crippen LogP contribution is 2.33. The smallest absolute Gasteiger partial charge is 0.270 e. The molecule has 0 atom stereocenters. The van der Waals surface area contributed by atoms with Crippen molar-refractivity contribution in [3.05, 3.63) is 64.7 Å². The third-order valence-corrected chi connectivity index (χ3v) is 4.52. The number of pyridine rings is 1. The first-order valence-corrected chi connectivity index (χ1v) is 8.33. The largest absolute Gasteiger partial charge is 0.354 e. The van der Waals surface area contributed by atoms with E-state index < -0.39 is 0 Å². The number of aromatic nitrogens is 1. The van der Waals surface area contributed by atoms with Crippen molar-refractivity contribution in [1.29, 1.82) is 0 Å². The lowest BCUT2D eigenvalue weighted by molar-refractivity contribution is -0.384. The topological polar surface area (TPSA) is 71.3 Å². The number of rotatable bonds is 3. The highest BCUT2D eigenvalue weighted by atomic mass is 16.6. The average molecular weight is 334 g/mol. The summed E-state index contributed by atoms with van der Waals surface area (Å²) in [4.78, 5) is 17.8. The van der Waals surface area contributed by atoms with Gasteiger partial charge in [0.05, 0.1) is 10.4 Å². The number of nitro benzene ring substituents is 1. The highest BCUT2D eigenvalue weighted by Gasteiger charge is 2.17. The van der Waals surface area contributed by atoms with Crippen LogP contribution in [0.4, 0.5) is 11.5 Å². The summed E-state index contributed by atoms with van der Waals surface area (Å²) in [7, 11) is 0. The highest BCUT2D eigenvalue weighted by molar-refractivity contribution is 5.97. The maximum absolute atomic E-state index is 11.2. The fraction of sp³-hybridized carbons (Fsp3) is 0.211. The summed E-state index contributed by atoms with van der Waals surface area (Å²) in [5.74, 6) is 0.918. The summed E-state index contributed by atoms with van der Waals surface area (Å²) >= 11 is 0. The Balaban J connectivity index is 1.92. The van der Waals surface area contributed by atoms with Gasteiger partial charge in [0.15, 0.2) is 0 Å². The molecule has 1 aromatic heterocycles. The minimum Gasteiger partial charge on any atom is -0.354 e. The molecule has 2 aromatic carbocycles. The van der Waals surface area contributed by atoms with Crippen LogP contribution < -0.4 is 10.2 Å². The number of non-ortho nitro benzene ring substituents is 1. The Bertz CT molecular complexity index is 921. The van der Waals surface area contributed by atoms with Gasteiger partial charge in [0.1, 0.15) is 5.82 Å². The maximum atomic E-state index is 11.2. The second-order valence-electron chi connectivity index (χ2n) is 6.09. The van der Waals surface area contributed by atoms with Crippen molar-refractivity contribution >= 4 is 22.4 Å². The van der Waals surface area contributed by atoms with Gasteiger partial charge in [0.25, 0.3) is 5.69 Å². The molecule has 0 aliphatic carbocycles. The molecule has 3 aromatic rings. The monoisotopic (exact) mass is 334 g/mol. The zero-order chi connectivity index (χ0) is 17.2. The standard InChI is InChI=1S/C19H18N4O2/c24-23(25)15-6-7-18-17(12-15)16(14-4-2-1-3-5-14)13-19(21-18)22-10-8-20-9-11-22/h1-7,12-13,20H,8-11H2. The van der Waals surface area contributed by atoms with Crippen molar-refractivity contribution < 1.29 is 4.92 Å². The molecule has 1 fully saturated rings. The Morgan fingerprint density at radius 3 is 2.52 bits per heavy atom. The predicted octanol–water partition coefficient (Wildman–Crippen LogP) is 3.22. The van der Waals surface area contributed by atoms with Crippen LogP contribution in [0.3, 0.4) is 0 Å². The van der Waals surface area contributed by atoms with Crippen LogP contribution in [0.5, 0.6) is 0 Å². The fourth-order valence-corrected chi connectivity index (χ4v) is 3.23. The molecule has 2 heterocycles. The molecular weight excluding hydrogens is 316 g/mol. The number of nitrogens with one attached hydrogen (secondary N) is 1. The van der Waals surface area contributed by atoms with Crippen molar-refractivity contribution in [2.45, 2.75) is 0 Å². The molecule has 0 spiro atoms. The Kier molecular flexibility index (Phi) is 4.03. The van der Waals surface area contributed by atoms with E-state index in [0.717, 1.165) is 54.0 Å². The molecule has 4 rings (SSSR count). The summed E-state index contributed by atoms with van der Waals surface area (Å²) in [5, 5.41) is 15.3. The molecule has 1 N–H and O–H groups in total. The van der Waals surface area contributed by atoms with Crippen LogP contribution in [0.1, 0.15) is 0 Å². The van der Waals surface area contributed by atoms with Crippen LogP contribution in [0.15, 0.2) is 54.6 Å². The van der Waals surface area contributed by atoms with Crippen LogP contribution in [-0.2, 0) is 0 Å². The second-order valence-corrected chi connectivity index (χ2v) is 6.09. The van der Waals surface area contributed by atoms with Gasteiger partial charge in [-0.05, 0) is 23.3 Å². The summed E-state index contributed by atoms with van der Waals surface area (Å²) in [6.45, 7) is 3.67. The summed E-state index contributed by atoms with van der Waals surface area (Å²) in [5.41, 5.74) is 2.87. The molecule has 1 aliphatic heterocycles. The van der Waals surface area contributed by atoms with Crippen molar-refractivity contribution in [2.75, 3.05) is 31.1 Å². The van der Waals surface area contributed by atoms with Gasteiger partial charge in [-0.25, -0.2) is 4.98 Å². The first-order chi connectivity index (χ1) is 12.2. The normalized spacial score (nSPS) is 14.6. The van der Waals surface area contributed by atoms with E-state index in [-0.39, 0.29) is 10.6 Å². The molecule has 25 heavy (non-hydrogen) atoms. The van der Waals surface area contributed by atoms with Gasteiger partial charge in [-0.1, -0.05) is 30.3 Å². The number of hydrogen-bond acceptors (Lipinski definition) is 5. The zero-order valence-corrected chi connectivity index (χ0v) is 13.7. The Morgan fingerprint density at radius 2 is 1.80 bits per heavy atom. The molecule has 0 radical (unpaired) electrons. The molecule has 1 saturated heterocycles. The molecule has 0 saturated carbocycles. The van der Waals surface area contributed by atoms with E-state index in [1.54, 1.807) is 12.1 Å². The predicted molar refractivity (Wildman–Crippen MR) is 98.9 cm³/mol. The van der Waals surface area contributed by atoms with Gasteiger partial charge >= 0.3 is 0 Å². The quantitative estimate of drug-likeness (QED) is 0.588. The maximum Gasteiger partial charge on any atom is 0.270 e. The molecule has 6 heteroatoms. The van der Waals surface area contributed by atoms with Gasteiger partial charge in [-0.15, -0.1) is 0 Å². The first kappa shape index (κ1) is 15.5. The van der Waals surface area contributed by atoms with Crippen molar-refractivity contribution in [2.24, 2.45) is 0 Å². The minimum atomic E-state index is -0.363. The molecular formula is C19H18N4O2. The number of nitrogens with zero attached hydrogens (tertiary/aromatic N) is 3. The van der Waals surface area contributed by atoms with Crippen molar-refractivity contribution in [3.63, 3.8) is 0 Å². The minimum absolute atomic E-state index is 0.0846. The van der Waals surface area contributed by atoms with Crippen molar-refractivity contribution in [3.8, 4) is 11.1 Å². The van der Waals surface area contributed by atoms with E-state index >= 15 is 0 Å². The van der Waals surface area contributed by atoms with Gasteiger partial charge in [0, 0.05) is 43.7 Å². The molecule has 0 unspecified atom stereocenters. The van der Waals surface area contributed by atoms with E-state index in [4.69, 9.17) is 4.98 Å². The Hall–Kier alpha value is -2.99. The number of piperazine rings is 1. The Labute approximate surface area is 145 Å². The number of hydrogen-bond donors (Lipinski definition) is 1.